The number of nitrogen functional groups attached to an aromatic ring is 1. The van der Waals surface area contributed by atoms with Crippen molar-refractivity contribution in [1.29, 1.82) is 0 Å². The Bertz CT molecular complexity index is 443. The summed E-state index contributed by atoms with van der Waals surface area (Å²) in [5, 5.41) is 2.68. The summed E-state index contributed by atoms with van der Waals surface area (Å²) in [6, 6.07) is 1.79. The molecule has 0 unspecified atom stereocenters. The number of nitrogens with zero attached hydrogens (tertiary/aromatic N) is 1. The molecule has 3 N–H and O–H groups in total. The molecular weight excluding hydrogens is 202 g/mol. The molecule has 1 heterocycles. The molecule has 0 spiro atoms. The smallest absolute Gasteiger partial charge is 0.216 e. The van der Waals surface area contributed by atoms with Crippen LogP contribution in [0.3, 0.4) is 0 Å². The van der Waals surface area contributed by atoms with Crippen molar-refractivity contribution in [3.63, 3.8) is 0 Å². The maximum Gasteiger partial charge on any atom is 0.216 e. The number of anilines is 1. The van der Waals surface area contributed by atoms with Gasteiger partial charge in [-0.1, -0.05) is 11.8 Å². The van der Waals surface area contributed by atoms with Gasteiger partial charge in [0.1, 0.15) is 5.82 Å². The van der Waals surface area contributed by atoms with Crippen LogP contribution in [0.2, 0.25) is 0 Å². The molecule has 1 aromatic heterocycles. The van der Waals surface area contributed by atoms with E-state index in [2.05, 4.69) is 22.1 Å². The summed E-state index contributed by atoms with van der Waals surface area (Å²) in [7, 11) is 0. The van der Waals surface area contributed by atoms with Gasteiger partial charge in [-0.05, 0) is 18.6 Å². The summed E-state index contributed by atoms with van der Waals surface area (Å²) >= 11 is 0. The van der Waals surface area contributed by atoms with Gasteiger partial charge in [-0.2, -0.15) is 0 Å². The highest BCUT2D eigenvalue weighted by atomic mass is 16.1. The van der Waals surface area contributed by atoms with E-state index in [1.165, 1.54) is 6.92 Å². The first kappa shape index (κ1) is 12.1. The molecule has 0 aliphatic heterocycles. The highest BCUT2D eigenvalue weighted by Gasteiger charge is 1.95. The van der Waals surface area contributed by atoms with E-state index in [9.17, 15) is 4.79 Å². The van der Waals surface area contributed by atoms with Crippen molar-refractivity contribution in [2.45, 2.75) is 20.3 Å². The van der Waals surface area contributed by atoms with Crippen molar-refractivity contribution in [3.05, 3.63) is 23.4 Å². The summed E-state index contributed by atoms with van der Waals surface area (Å²) < 4.78 is 0. The lowest BCUT2D eigenvalue weighted by molar-refractivity contribution is -0.118. The molecule has 0 bridgehead atoms. The van der Waals surface area contributed by atoms with E-state index in [0.29, 0.717) is 18.8 Å². The Balaban J connectivity index is 2.53. The molecule has 1 aromatic rings. The molecule has 0 fully saturated rings. The van der Waals surface area contributed by atoms with Crippen LogP contribution in [0.1, 0.15) is 24.5 Å². The fourth-order valence-electron chi connectivity index (χ4n) is 1.17. The van der Waals surface area contributed by atoms with Crippen molar-refractivity contribution in [2.75, 3.05) is 12.3 Å². The topological polar surface area (TPSA) is 68.0 Å². The van der Waals surface area contributed by atoms with Gasteiger partial charge in [0.05, 0.1) is 0 Å². The molecular formula is C12H15N3O. The fourth-order valence-corrected chi connectivity index (χ4v) is 1.17. The van der Waals surface area contributed by atoms with Crippen LogP contribution in [0.25, 0.3) is 0 Å². The number of aryl methyl sites for hydroxylation is 1. The molecule has 84 valence electrons. The van der Waals surface area contributed by atoms with Crippen molar-refractivity contribution >= 4 is 11.7 Å². The number of aromatic nitrogens is 1. The average Bonchev–Trinajstić information content (AvgIpc) is 2.20. The normalized spacial score (nSPS) is 9.12. The van der Waals surface area contributed by atoms with E-state index in [0.717, 1.165) is 11.1 Å². The maximum absolute atomic E-state index is 10.6. The average molecular weight is 217 g/mol. The van der Waals surface area contributed by atoms with Crippen LogP contribution >= 0.6 is 0 Å². The van der Waals surface area contributed by atoms with Gasteiger partial charge in [0.15, 0.2) is 0 Å². The first-order valence-electron chi connectivity index (χ1n) is 5.05. The molecule has 4 heteroatoms. The summed E-state index contributed by atoms with van der Waals surface area (Å²) in [6.07, 6.45) is 2.29. The Morgan fingerprint density at radius 2 is 2.38 bits per heavy atom. The largest absolute Gasteiger partial charge is 0.384 e. The van der Waals surface area contributed by atoms with E-state index in [4.69, 9.17) is 5.73 Å². The summed E-state index contributed by atoms with van der Waals surface area (Å²) in [6.45, 7) is 4.00. The first-order chi connectivity index (χ1) is 7.59. The lowest BCUT2D eigenvalue weighted by Crippen LogP contribution is -2.20. The number of nitrogens with two attached hydrogens (primary N) is 1. The van der Waals surface area contributed by atoms with Gasteiger partial charge < -0.3 is 11.1 Å². The Morgan fingerprint density at radius 1 is 1.62 bits per heavy atom. The van der Waals surface area contributed by atoms with E-state index >= 15 is 0 Å². The zero-order valence-electron chi connectivity index (χ0n) is 9.50. The van der Waals surface area contributed by atoms with Gasteiger partial charge in [-0.3, -0.25) is 4.79 Å². The fraction of sp³-hybridized carbons (Fsp3) is 0.333. The van der Waals surface area contributed by atoms with Crippen LogP contribution in [0.5, 0.6) is 0 Å². The monoisotopic (exact) mass is 217 g/mol. The lowest BCUT2D eigenvalue weighted by atomic mass is 10.1. The van der Waals surface area contributed by atoms with Crippen LogP contribution in [-0.2, 0) is 4.79 Å². The highest BCUT2D eigenvalue weighted by molar-refractivity contribution is 5.72. The van der Waals surface area contributed by atoms with Gasteiger partial charge in [0, 0.05) is 31.6 Å². The van der Waals surface area contributed by atoms with Gasteiger partial charge in [-0.15, -0.1) is 0 Å². The molecule has 0 radical (unpaired) electrons. The SMILES string of the molecule is CC(=O)NCCC#Cc1cnc(N)cc1C. The molecule has 0 atom stereocenters. The van der Waals surface area contributed by atoms with Crippen molar-refractivity contribution < 1.29 is 4.79 Å². The summed E-state index contributed by atoms with van der Waals surface area (Å²) in [5.74, 6) is 6.43. The number of hydrogen-bond donors (Lipinski definition) is 2. The number of pyridine rings is 1. The molecule has 0 aliphatic carbocycles. The third-order valence-corrected chi connectivity index (χ3v) is 1.98. The third kappa shape index (κ3) is 4.01. The van der Waals surface area contributed by atoms with E-state index in [1.54, 1.807) is 12.3 Å². The quantitative estimate of drug-likeness (QED) is 0.570. The molecule has 0 saturated heterocycles. The highest BCUT2D eigenvalue weighted by Crippen LogP contribution is 2.07. The number of nitrogens with one attached hydrogen (secondary N) is 1. The first-order valence-corrected chi connectivity index (χ1v) is 5.05. The van der Waals surface area contributed by atoms with Gasteiger partial charge in [-0.25, -0.2) is 4.98 Å². The van der Waals surface area contributed by atoms with Crippen LogP contribution in [0, 0.1) is 18.8 Å². The van der Waals surface area contributed by atoms with Crippen LogP contribution in [0.4, 0.5) is 5.82 Å². The maximum atomic E-state index is 10.6. The molecule has 4 nitrogen and oxygen atoms in total. The Labute approximate surface area is 95.3 Å². The van der Waals surface area contributed by atoms with Gasteiger partial charge in [0.25, 0.3) is 0 Å². The van der Waals surface area contributed by atoms with E-state index in [-0.39, 0.29) is 5.91 Å². The molecule has 1 amide bonds. The second-order valence-electron chi connectivity index (χ2n) is 3.46. The Morgan fingerprint density at radius 3 is 3.00 bits per heavy atom. The van der Waals surface area contributed by atoms with Crippen LogP contribution < -0.4 is 11.1 Å². The molecule has 0 aliphatic rings. The minimum atomic E-state index is -0.0351. The number of carbonyl (C=O) groups excluding carboxylic acids is 1. The third-order valence-electron chi connectivity index (χ3n) is 1.98. The second kappa shape index (κ2) is 5.76. The van der Waals surface area contributed by atoms with Crippen molar-refractivity contribution in [1.82, 2.24) is 10.3 Å². The van der Waals surface area contributed by atoms with Crippen molar-refractivity contribution in [3.8, 4) is 11.8 Å². The van der Waals surface area contributed by atoms with E-state index in [1.807, 2.05) is 6.92 Å². The summed E-state index contributed by atoms with van der Waals surface area (Å²) in [4.78, 5) is 14.6. The number of amides is 1. The van der Waals surface area contributed by atoms with Gasteiger partial charge in [0.2, 0.25) is 5.91 Å². The Kier molecular flexibility index (Phi) is 4.34. The standard InChI is InChI=1S/C12H15N3O/c1-9-7-12(13)15-8-11(9)5-3-4-6-14-10(2)16/h7-8H,4,6H2,1-2H3,(H2,13,15)(H,14,16). The van der Waals surface area contributed by atoms with Crippen LogP contribution in [0.15, 0.2) is 12.3 Å². The minimum absolute atomic E-state index is 0.0351. The molecule has 16 heavy (non-hydrogen) atoms. The predicted octanol–water partition coefficient (Wildman–Crippen LogP) is 0.850. The van der Waals surface area contributed by atoms with Gasteiger partial charge >= 0.3 is 0 Å². The molecule has 1 rings (SSSR count). The summed E-state index contributed by atoms with van der Waals surface area (Å²) in [5.41, 5.74) is 7.42. The zero-order chi connectivity index (χ0) is 12.0. The van der Waals surface area contributed by atoms with Crippen molar-refractivity contribution in [2.24, 2.45) is 0 Å². The minimum Gasteiger partial charge on any atom is -0.384 e. The number of rotatable bonds is 2. The molecule has 0 saturated carbocycles. The Hall–Kier alpha value is -2.02. The lowest BCUT2D eigenvalue weighted by Gasteiger charge is -1.98. The van der Waals surface area contributed by atoms with Crippen LogP contribution in [-0.4, -0.2) is 17.4 Å². The number of hydrogen-bond acceptors (Lipinski definition) is 3. The number of carbonyl (C=O) groups is 1. The second-order valence-corrected chi connectivity index (χ2v) is 3.46. The predicted molar refractivity (Wildman–Crippen MR) is 63.6 cm³/mol. The zero-order valence-corrected chi connectivity index (χ0v) is 9.50. The molecule has 0 aromatic carbocycles. The van der Waals surface area contributed by atoms with E-state index < -0.39 is 0 Å².